The Kier molecular flexibility index (Phi) is 6.06. The average Bonchev–Trinajstić information content (AvgIpc) is 2.33. The summed E-state index contributed by atoms with van der Waals surface area (Å²) in [7, 11) is 0. The van der Waals surface area contributed by atoms with Crippen molar-refractivity contribution >= 4 is 5.97 Å². The van der Waals surface area contributed by atoms with Crippen molar-refractivity contribution in [3.05, 3.63) is 30.3 Å². The largest absolute Gasteiger partial charge is 0.491 e. The number of aliphatic hydroxyl groups is 1. The number of aliphatic hydroxyl groups excluding tert-OH is 1. The fourth-order valence-electron chi connectivity index (χ4n) is 1.23. The molecule has 0 aliphatic carbocycles. The van der Waals surface area contributed by atoms with E-state index in [2.05, 4.69) is 5.32 Å². The van der Waals surface area contributed by atoms with Crippen LogP contribution in [0.2, 0.25) is 0 Å². The molecule has 1 aromatic rings. The molecule has 1 aromatic carbocycles. The summed E-state index contributed by atoms with van der Waals surface area (Å²) in [5.41, 5.74) is 0. The Balaban J connectivity index is 2.09. The second-order valence-electron chi connectivity index (χ2n) is 3.63. The predicted octanol–water partition coefficient (Wildman–Crippen LogP) is 0.491. The van der Waals surface area contributed by atoms with E-state index in [1.807, 2.05) is 30.3 Å². The number of nitrogens with one attached hydrogen (secondary N) is 1. The molecule has 0 aliphatic rings. The van der Waals surface area contributed by atoms with E-state index >= 15 is 0 Å². The van der Waals surface area contributed by atoms with Gasteiger partial charge in [-0.2, -0.15) is 0 Å². The molecule has 1 atom stereocenters. The van der Waals surface area contributed by atoms with Crippen LogP contribution in [-0.4, -0.2) is 42.0 Å². The third-order valence-electron chi connectivity index (χ3n) is 2.08. The molecule has 3 N–H and O–H groups in total. The summed E-state index contributed by atoms with van der Waals surface area (Å²) in [5, 5.41) is 20.8. The molecule has 5 heteroatoms. The van der Waals surface area contributed by atoms with Crippen LogP contribution >= 0.6 is 0 Å². The van der Waals surface area contributed by atoms with Gasteiger partial charge in [0.1, 0.15) is 18.5 Å². The number of ether oxygens (including phenoxy) is 1. The molecule has 94 valence electrons. The number of hydrogen-bond donors (Lipinski definition) is 3. The number of hydrogen-bond acceptors (Lipinski definition) is 4. The Morgan fingerprint density at radius 1 is 1.35 bits per heavy atom. The molecule has 17 heavy (non-hydrogen) atoms. The fourth-order valence-corrected chi connectivity index (χ4v) is 1.23. The first-order chi connectivity index (χ1) is 8.18. The van der Waals surface area contributed by atoms with Crippen LogP contribution in [0.25, 0.3) is 0 Å². The van der Waals surface area contributed by atoms with Crippen molar-refractivity contribution in [3.8, 4) is 5.75 Å². The Morgan fingerprint density at radius 3 is 2.71 bits per heavy atom. The molecule has 1 unspecified atom stereocenters. The van der Waals surface area contributed by atoms with Gasteiger partial charge in [0.15, 0.2) is 0 Å². The minimum atomic E-state index is -0.854. The summed E-state index contributed by atoms with van der Waals surface area (Å²) in [6.45, 7) is 0.849. The highest BCUT2D eigenvalue weighted by Crippen LogP contribution is 2.08. The van der Waals surface area contributed by atoms with Gasteiger partial charge in [-0.05, 0) is 12.1 Å². The van der Waals surface area contributed by atoms with Crippen molar-refractivity contribution < 1.29 is 19.7 Å². The number of benzene rings is 1. The topological polar surface area (TPSA) is 78.8 Å². The zero-order valence-corrected chi connectivity index (χ0v) is 9.50. The van der Waals surface area contributed by atoms with Crippen LogP contribution in [0.4, 0.5) is 0 Å². The summed E-state index contributed by atoms with van der Waals surface area (Å²) in [6, 6.07) is 9.21. The van der Waals surface area contributed by atoms with E-state index in [-0.39, 0.29) is 13.0 Å². The lowest BCUT2D eigenvalue weighted by molar-refractivity contribution is -0.136. The standard InChI is InChI=1S/C12H17NO4/c14-10(8-13-7-6-12(15)16)9-17-11-4-2-1-3-5-11/h1-5,10,13-14H,6-9H2,(H,15,16). The van der Waals surface area contributed by atoms with Gasteiger partial charge in [0, 0.05) is 13.1 Å². The first kappa shape index (κ1) is 13.5. The highest BCUT2D eigenvalue weighted by Gasteiger charge is 2.05. The first-order valence-electron chi connectivity index (χ1n) is 5.47. The molecule has 0 radical (unpaired) electrons. The van der Waals surface area contributed by atoms with Crippen molar-refractivity contribution in [1.82, 2.24) is 5.32 Å². The van der Waals surface area contributed by atoms with E-state index in [4.69, 9.17) is 9.84 Å². The van der Waals surface area contributed by atoms with E-state index in [0.717, 1.165) is 0 Å². The average molecular weight is 239 g/mol. The summed E-state index contributed by atoms with van der Waals surface area (Å²) in [6.07, 6.45) is -0.601. The number of carboxylic acids is 1. The molecule has 1 rings (SSSR count). The second-order valence-corrected chi connectivity index (χ2v) is 3.63. The van der Waals surface area contributed by atoms with E-state index in [1.54, 1.807) is 0 Å². The molecule has 0 heterocycles. The maximum atomic E-state index is 10.2. The van der Waals surface area contributed by atoms with Gasteiger partial charge >= 0.3 is 5.97 Å². The van der Waals surface area contributed by atoms with Gasteiger partial charge in [0.25, 0.3) is 0 Å². The third-order valence-corrected chi connectivity index (χ3v) is 2.08. The van der Waals surface area contributed by atoms with Crippen LogP contribution in [0, 0.1) is 0 Å². The van der Waals surface area contributed by atoms with Gasteiger partial charge in [0.2, 0.25) is 0 Å². The van der Waals surface area contributed by atoms with E-state index < -0.39 is 12.1 Å². The molecule has 0 bridgehead atoms. The zero-order valence-electron chi connectivity index (χ0n) is 9.50. The molecular weight excluding hydrogens is 222 g/mol. The molecule has 0 saturated heterocycles. The Bertz CT molecular complexity index is 329. The lowest BCUT2D eigenvalue weighted by atomic mass is 10.3. The van der Waals surface area contributed by atoms with Crippen molar-refractivity contribution in [1.29, 1.82) is 0 Å². The summed E-state index contributed by atoms with van der Waals surface area (Å²) < 4.78 is 5.34. The van der Waals surface area contributed by atoms with Crippen LogP contribution in [0.1, 0.15) is 6.42 Å². The summed E-state index contributed by atoms with van der Waals surface area (Å²) in [5.74, 6) is -0.149. The lowest BCUT2D eigenvalue weighted by Crippen LogP contribution is -2.32. The maximum Gasteiger partial charge on any atom is 0.304 e. The van der Waals surface area contributed by atoms with E-state index in [9.17, 15) is 9.90 Å². The van der Waals surface area contributed by atoms with Gasteiger partial charge in [-0.3, -0.25) is 4.79 Å². The van der Waals surface area contributed by atoms with E-state index in [1.165, 1.54) is 0 Å². The van der Waals surface area contributed by atoms with Gasteiger partial charge in [-0.1, -0.05) is 18.2 Å². The highest BCUT2D eigenvalue weighted by atomic mass is 16.5. The Hall–Kier alpha value is -1.59. The SMILES string of the molecule is O=C(O)CCNCC(O)COc1ccccc1. The molecule has 0 saturated carbocycles. The van der Waals surface area contributed by atoms with Gasteiger partial charge in [-0.25, -0.2) is 0 Å². The van der Waals surface area contributed by atoms with Gasteiger partial charge in [0.05, 0.1) is 6.42 Å². The molecular formula is C12H17NO4. The zero-order chi connectivity index (χ0) is 12.5. The smallest absolute Gasteiger partial charge is 0.304 e. The predicted molar refractivity (Wildman–Crippen MR) is 63.1 cm³/mol. The monoisotopic (exact) mass is 239 g/mol. The highest BCUT2D eigenvalue weighted by molar-refractivity contribution is 5.66. The number of para-hydroxylation sites is 1. The number of rotatable bonds is 8. The van der Waals surface area contributed by atoms with Crippen LogP contribution < -0.4 is 10.1 Å². The molecule has 0 spiro atoms. The van der Waals surface area contributed by atoms with Crippen LogP contribution in [-0.2, 0) is 4.79 Å². The Labute approximate surface area is 100 Å². The second kappa shape index (κ2) is 7.65. The third kappa shape index (κ3) is 6.55. The molecule has 0 aliphatic heterocycles. The van der Waals surface area contributed by atoms with Crippen molar-refractivity contribution in [2.45, 2.75) is 12.5 Å². The van der Waals surface area contributed by atoms with Gasteiger partial charge in [-0.15, -0.1) is 0 Å². The van der Waals surface area contributed by atoms with Gasteiger partial charge < -0.3 is 20.3 Å². The minimum Gasteiger partial charge on any atom is -0.491 e. The maximum absolute atomic E-state index is 10.2. The number of carbonyl (C=O) groups is 1. The van der Waals surface area contributed by atoms with Crippen LogP contribution in [0.5, 0.6) is 5.75 Å². The van der Waals surface area contributed by atoms with Crippen LogP contribution in [0.3, 0.4) is 0 Å². The van der Waals surface area contributed by atoms with Crippen molar-refractivity contribution in [2.75, 3.05) is 19.7 Å². The summed E-state index contributed by atoms with van der Waals surface area (Å²) in [4.78, 5) is 10.2. The van der Waals surface area contributed by atoms with Crippen molar-refractivity contribution in [3.63, 3.8) is 0 Å². The number of aliphatic carboxylic acids is 1. The van der Waals surface area contributed by atoms with E-state index in [0.29, 0.717) is 18.8 Å². The van der Waals surface area contributed by atoms with Crippen LogP contribution in [0.15, 0.2) is 30.3 Å². The Morgan fingerprint density at radius 2 is 2.06 bits per heavy atom. The molecule has 0 aromatic heterocycles. The van der Waals surface area contributed by atoms with Crippen molar-refractivity contribution in [2.24, 2.45) is 0 Å². The normalized spacial score (nSPS) is 12.1. The first-order valence-corrected chi connectivity index (χ1v) is 5.47. The number of carboxylic acid groups (broad SMARTS) is 1. The molecule has 0 amide bonds. The molecule has 5 nitrogen and oxygen atoms in total. The quantitative estimate of drug-likeness (QED) is 0.575. The summed E-state index contributed by atoms with van der Waals surface area (Å²) >= 11 is 0. The lowest BCUT2D eigenvalue weighted by Gasteiger charge is -2.12. The molecule has 0 fully saturated rings. The fraction of sp³-hybridized carbons (Fsp3) is 0.417. The minimum absolute atomic E-state index is 0.0479.